The Balaban J connectivity index is 0.00000392. The molecule has 156 valence electrons. The second-order valence-electron chi connectivity index (χ2n) is 6.58. The highest BCUT2D eigenvalue weighted by atomic mass is 127. The van der Waals surface area contributed by atoms with Gasteiger partial charge in [0.25, 0.3) is 0 Å². The molecule has 0 radical (unpaired) electrons. The SMILES string of the molecule is CCNC(=NCc1ccc(CN(CC)CC)cc1)NCc1nc(C)c(C)o1.I. The van der Waals surface area contributed by atoms with Gasteiger partial charge < -0.3 is 15.1 Å². The van der Waals surface area contributed by atoms with Crippen molar-refractivity contribution in [3.05, 3.63) is 52.7 Å². The Morgan fingerprint density at radius 2 is 1.68 bits per heavy atom. The van der Waals surface area contributed by atoms with E-state index in [1.807, 2.05) is 13.8 Å². The number of aromatic nitrogens is 1. The summed E-state index contributed by atoms with van der Waals surface area (Å²) < 4.78 is 5.61. The minimum atomic E-state index is 0. The van der Waals surface area contributed by atoms with Crippen LogP contribution in [0.25, 0.3) is 0 Å². The van der Waals surface area contributed by atoms with E-state index in [0.717, 1.165) is 43.6 Å². The molecule has 0 spiro atoms. The molecule has 0 amide bonds. The summed E-state index contributed by atoms with van der Waals surface area (Å²) in [5.74, 6) is 2.30. The van der Waals surface area contributed by atoms with E-state index in [2.05, 4.69) is 70.5 Å². The molecule has 0 saturated carbocycles. The van der Waals surface area contributed by atoms with Gasteiger partial charge in [-0.1, -0.05) is 38.1 Å². The van der Waals surface area contributed by atoms with Crippen molar-refractivity contribution in [2.75, 3.05) is 19.6 Å². The van der Waals surface area contributed by atoms with Gasteiger partial charge in [-0.25, -0.2) is 9.98 Å². The maximum atomic E-state index is 5.61. The lowest BCUT2D eigenvalue weighted by Gasteiger charge is -2.18. The quantitative estimate of drug-likeness (QED) is 0.310. The first-order valence-electron chi connectivity index (χ1n) is 9.80. The number of nitrogens with one attached hydrogen (secondary N) is 2. The van der Waals surface area contributed by atoms with E-state index in [1.165, 1.54) is 11.1 Å². The van der Waals surface area contributed by atoms with Gasteiger partial charge in [0.15, 0.2) is 5.96 Å². The van der Waals surface area contributed by atoms with Crippen molar-refractivity contribution < 1.29 is 4.42 Å². The summed E-state index contributed by atoms with van der Waals surface area (Å²) >= 11 is 0. The van der Waals surface area contributed by atoms with Crippen LogP contribution in [0, 0.1) is 13.8 Å². The lowest BCUT2D eigenvalue weighted by molar-refractivity contribution is 0.296. The lowest BCUT2D eigenvalue weighted by Crippen LogP contribution is -2.36. The summed E-state index contributed by atoms with van der Waals surface area (Å²) in [6.07, 6.45) is 0. The second kappa shape index (κ2) is 12.8. The molecule has 6 nitrogen and oxygen atoms in total. The van der Waals surface area contributed by atoms with Crippen molar-refractivity contribution in [1.82, 2.24) is 20.5 Å². The van der Waals surface area contributed by atoms with Crippen molar-refractivity contribution in [1.29, 1.82) is 0 Å². The summed E-state index contributed by atoms with van der Waals surface area (Å²) in [5.41, 5.74) is 3.46. The third-order valence-electron chi connectivity index (χ3n) is 4.57. The van der Waals surface area contributed by atoms with E-state index in [0.29, 0.717) is 19.0 Å². The molecule has 1 aromatic carbocycles. The molecular weight excluding hydrogens is 465 g/mol. The Bertz CT molecular complexity index is 703. The number of halogens is 1. The minimum Gasteiger partial charge on any atom is -0.444 e. The number of guanidine groups is 1. The number of benzene rings is 1. The Morgan fingerprint density at radius 1 is 1.04 bits per heavy atom. The van der Waals surface area contributed by atoms with E-state index in [9.17, 15) is 0 Å². The second-order valence-corrected chi connectivity index (χ2v) is 6.58. The summed E-state index contributed by atoms with van der Waals surface area (Å²) in [6, 6.07) is 8.71. The number of hydrogen-bond acceptors (Lipinski definition) is 4. The Labute approximate surface area is 186 Å². The normalized spacial score (nSPS) is 11.4. The van der Waals surface area contributed by atoms with Crippen LogP contribution < -0.4 is 10.6 Å². The summed E-state index contributed by atoms with van der Waals surface area (Å²) in [4.78, 5) is 11.5. The molecule has 2 rings (SSSR count). The lowest BCUT2D eigenvalue weighted by atomic mass is 10.1. The highest BCUT2D eigenvalue weighted by Crippen LogP contribution is 2.09. The van der Waals surface area contributed by atoms with Gasteiger partial charge in [0.1, 0.15) is 5.76 Å². The van der Waals surface area contributed by atoms with Crippen LogP contribution in [0.3, 0.4) is 0 Å². The van der Waals surface area contributed by atoms with Crippen LogP contribution in [0.4, 0.5) is 0 Å². The van der Waals surface area contributed by atoms with Crippen LogP contribution in [-0.2, 0) is 19.6 Å². The highest BCUT2D eigenvalue weighted by Gasteiger charge is 2.06. The molecule has 0 atom stereocenters. The van der Waals surface area contributed by atoms with Crippen LogP contribution in [-0.4, -0.2) is 35.5 Å². The van der Waals surface area contributed by atoms with E-state index in [-0.39, 0.29) is 24.0 Å². The van der Waals surface area contributed by atoms with E-state index < -0.39 is 0 Å². The number of rotatable bonds is 9. The van der Waals surface area contributed by atoms with Gasteiger partial charge in [-0.05, 0) is 45.0 Å². The molecule has 0 bridgehead atoms. The average Bonchev–Trinajstić information content (AvgIpc) is 3.00. The standard InChI is InChI=1S/C21H33N5O.HI/c1-6-22-21(24-14-20-25-16(4)17(5)27-20)23-13-18-9-11-19(12-10-18)15-26(7-2)8-3;/h9-12H,6-8,13-15H2,1-5H3,(H2,22,23,24);1H. The first kappa shape index (κ1) is 24.4. The molecular formula is C21H34IN5O. The molecule has 2 aromatic rings. The zero-order valence-electron chi connectivity index (χ0n) is 17.7. The Kier molecular flexibility index (Phi) is 11.1. The van der Waals surface area contributed by atoms with Crippen LogP contribution >= 0.6 is 24.0 Å². The van der Waals surface area contributed by atoms with Crippen LogP contribution in [0.15, 0.2) is 33.7 Å². The van der Waals surface area contributed by atoms with Crippen molar-refractivity contribution in [2.24, 2.45) is 4.99 Å². The zero-order chi connectivity index (χ0) is 19.6. The fourth-order valence-corrected chi connectivity index (χ4v) is 2.74. The maximum absolute atomic E-state index is 5.61. The number of aliphatic imine (C=N–C) groups is 1. The molecule has 0 aliphatic rings. The van der Waals surface area contributed by atoms with Crippen molar-refractivity contribution in [2.45, 2.75) is 54.3 Å². The molecule has 0 aliphatic heterocycles. The van der Waals surface area contributed by atoms with E-state index >= 15 is 0 Å². The Morgan fingerprint density at radius 3 is 2.21 bits per heavy atom. The first-order chi connectivity index (χ1) is 13.0. The number of aryl methyl sites for hydroxylation is 2. The fraction of sp³-hybridized carbons (Fsp3) is 0.524. The summed E-state index contributed by atoms with van der Waals surface area (Å²) in [6.45, 7) is 15.4. The van der Waals surface area contributed by atoms with Crippen molar-refractivity contribution in [3.8, 4) is 0 Å². The van der Waals surface area contributed by atoms with Gasteiger partial charge in [-0.2, -0.15) is 0 Å². The predicted molar refractivity (Wildman–Crippen MR) is 126 cm³/mol. The predicted octanol–water partition coefficient (Wildman–Crippen LogP) is 4.01. The van der Waals surface area contributed by atoms with Crippen molar-refractivity contribution in [3.63, 3.8) is 0 Å². The van der Waals surface area contributed by atoms with Gasteiger partial charge >= 0.3 is 0 Å². The molecule has 28 heavy (non-hydrogen) atoms. The highest BCUT2D eigenvalue weighted by molar-refractivity contribution is 14.0. The van der Waals surface area contributed by atoms with Gasteiger partial charge in [-0.3, -0.25) is 4.90 Å². The van der Waals surface area contributed by atoms with Crippen LogP contribution in [0.5, 0.6) is 0 Å². The molecule has 7 heteroatoms. The molecule has 0 saturated heterocycles. The largest absolute Gasteiger partial charge is 0.444 e. The molecule has 2 N–H and O–H groups in total. The van der Waals surface area contributed by atoms with Crippen LogP contribution in [0.2, 0.25) is 0 Å². The molecule has 1 heterocycles. The van der Waals surface area contributed by atoms with E-state index in [1.54, 1.807) is 0 Å². The first-order valence-corrected chi connectivity index (χ1v) is 9.80. The van der Waals surface area contributed by atoms with Crippen LogP contribution in [0.1, 0.15) is 49.2 Å². The maximum Gasteiger partial charge on any atom is 0.214 e. The molecule has 0 unspecified atom stereocenters. The number of oxazole rings is 1. The molecule has 0 aliphatic carbocycles. The summed E-state index contributed by atoms with van der Waals surface area (Å²) in [5, 5.41) is 6.54. The zero-order valence-corrected chi connectivity index (χ0v) is 20.0. The van der Waals surface area contributed by atoms with E-state index in [4.69, 9.17) is 4.42 Å². The van der Waals surface area contributed by atoms with Gasteiger partial charge in [0.05, 0.1) is 18.8 Å². The monoisotopic (exact) mass is 499 g/mol. The van der Waals surface area contributed by atoms with Gasteiger partial charge in [0, 0.05) is 13.1 Å². The van der Waals surface area contributed by atoms with Gasteiger partial charge in [-0.15, -0.1) is 24.0 Å². The third kappa shape index (κ3) is 7.79. The third-order valence-corrected chi connectivity index (χ3v) is 4.57. The smallest absolute Gasteiger partial charge is 0.214 e. The fourth-order valence-electron chi connectivity index (χ4n) is 2.74. The Hall–Kier alpha value is -1.61. The molecule has 1 aromatic heterocycles. The number of hydrogen-bond donors (Lipinski definition) is 2. The number of nitrogens with zero attached hydrogens (tertiary/aromatic N) is 3. The topological polar surface area (TPSA) is 65.7 Å². The minimum absolute atomic E-state index is 0. The average molecular weight is 499 g/mol. The molecule has 0 fully saturated rings. The van der Waals surface area contributed by atoms with Gasteiger partial charge in [0.2, 0.25) is 5.89 Å². The summed E-state index contributed by atoms with van der Waals surface area (Å²) in [7, 11) is 0. The van der Waals surface area contributed by atoms with Crippen molar-refractivity contribution >= 4 is 29.9 Å².